The third-order valence-corrected chi connectivity index (χ3v) is 6.11. The van der Waals surface area contributed by atoms with Crippen molar-refractivity contribution >= 4 is 17.4 Å². The Balaban J connectivity index is 1.84. The Labute approximate surface area is 143 Å². The fourth-order valence-electron chi connectivity index (χ4n) is 4.89. The lowest BCUT2D eigenvalue weighted by atomic mass is 9.66. The Hall–Kier alpha value is -1.97. The van der Waals surface area contributed by atoms with E-state index in [-0.39, 0.29) is 11.8 Å². The molecule has 1 aliphatic carbocycles. The van der Waals surface area contributed by atoms with Crippen LogP contribution in [-0.2, 0) is 4.79 Å². The smallest absolute Gasteiger partial charge is 0.191 e. The first-order chi connectivity index (χ1) is 11.6. The maximum Gasteiger partial charge on any atom is 0.191 e. The lowest BCUT2D eigenvalue weighted by Crippen LogP contribution is -2.48. The minimum absolute atomic E-state index is 0.0432. The largest absolute Gasteiger partial charge is 0.550 e. The standard InChI is InChI=1S/C20H24N2O2/c1-2-20(11-8-17(23)24)10-5-12-22-13-9-16-18(19(20)22)14-6-3-4-7-15(14)21-16/h3-4,7H,2,5-6,8-13H2,1H3. The quantitative estimate of drug-likeness (QED) is 0.744. The fraction of sp³-hybridized carbons (Fsp3) is 0.550. The Morgan fingerprint density at radius 1 is 1.42 bits per heavy atom. The number of carbonyl (C=O) groups is 1. The van der Waals surface area contributed by atoms with Crippen LogP contribution in [0.15, 0.2) is 40.1 Å². The van der Waals surface area contributed by atoms with E-state index in [1.807, 2.05) is 0 Å². The summed E-state index contributed by atoms with van der Waals surface area (Å²) in [4.78, 5) is 16.0. The van der Waals surface area contributed by atoms with Crippen LogP contribution in [0.1, 0.15) is 51.9 Å². The van der Waals surface area contributed by atoms with Gasteiger partial charge in [0.05, 0.1) is 22.4 Å². The SMILES string of the molecule is CCC1(CCC(=O)[O-])CCC[N+]2=C1C1=C3CC=CC=C3N=C1CC2. The van der Waals surface area contributed by atoms with E-state index in [2.05, 4.69) is 29.7 Å². The summed E-state index contributed by atoms with van der Waals surface area (Å²) in [5, 5.41) is 11.1. The van der Waals surface area contributed by atoms with Crippen LogP contribution in [0.25, 0.3) is 0 Å². The highest BCUT2D eigenvalue weighted by Crippen LogP contribution is 2.45. The summed E-state index contributed by atoms with van der Waals surface area (Å²) in [7, 11) is 0. The van der Waals surface area contributed by atoms with Gasteiger partial charge in [-0.3, -0.25) is 4.99 Å². The number of rotatable bonds is 4. The van der Waals surface area contributed by atoms with Gasteiger partial charge in [0.1, 0.15) is 13.1 Å². The molecular formula is C20H24N2O2. The molecule has 0 aromatic heterocycles. The molecule has 126 valence electrons. The van der Waals surface area contributed by atoms with Gasteiger partial charge >= 0.3 is 0 Å². The topological polar surface area (TPSA) is 55.5 Å². The summed E-state index contributed by atoms with van der Waals surface area (Å²) < 4.78 is 2.52. The molecule has 4 aliphatic rings. The average molecular weight is 324 g/mol. The molecular weight excluding hydrogens is 300 g/mol. The number of allylic oxidation sites excluding steroid dienone is 5. The number of hydrogen-bond donors (Lipinski definition) is 0. The summed E-state index contributed by atoms with van der Waals surface area (Å²) in [5.41, 5.74) is 6.37. The Morgan fingerprint density at radius 2 is 2.29 bits per heavy atom. The summed E-state index contributed by atoms with van der Waals surface area (Å²) in [6.45, 7) is 4.30. The Kier molecular flexibility index (Phi) is 3.78. The molecule has 0 saturated carbocycles. The van der Waals surface area contributed by atoms with Gasteiger partial charge in [0.15, 0.2) is 5.71 Å². The van der Waals surface area contributed by atoms with Crippen LogP contribution in [0.2, 0.25) is 0 Å². The van der Waals surface area contributed by atoms with Crippen molar-refractivity contribution in [1.29, 1.82) is 0 Å². The molecule has 0 aromatic rings. The van der Waals surface area contributed by atoms with Crippen molar-refractivity contribution in [3.05, 3.63) is 35.1 Å². The first-order valence-electron chi connectivity index (χ1n) is 9.15. The molecule has 1 atom stereocenters. The van der Waals surface area contributed by atoms with E-state index in [1.54, 1.807) is 0 Å². The van der Waals surface area contributed by atoms with Gasteiger partial charge in [0, 0.05) is 18.8 Å². The minimum Gasteiger partial charge on any atom is -0.550 e. The van der Waals surface area contributed by atoms with Crippen molar-refractivity contribution < 1.29 is 14.5 Å². The van der Waals surface area contributed by atoms with Crippen LogP contribution in [0.5, 0.6) is 0 Å². The van der Waals surface area contributed by atoms with E-state index in [0.717, 1.165) is 50.9 Å². The molecule has 0 radical (unpaired) electrons. The molecule has 4 nitrogen and oxygen atoms in total. The number of aliphatic imine (C=N–C) groups is 1. The summed E-state index contributed by atoms with van der Waals surface area (Å²) in [5.74, 6) is -0.935. The number of carbonyl (C=O) groups excluding carboxylic acids is 1. The van der Waals surface area contributed by atoms with Crippen molar-refractivity contribution in [3.8, 4) is 0 Å². The van der Waals surface area contributed by atoms with Crippen molar-refractivity contribution in [2.75, 3.05) is 13.1 Å². The van der Waals surface area contributed by atoms with E-state index in [9.17, 15) is 9.90 Å². The van der Waals surface area contributed by atoms with Crippen LogP contribution in [0.3, 0.4) is 0 Å². The third kappa shape index (κ3) is 2.31. The van der Waals surface area contributed by atoms with Gasteiger partial charge in [0.25, 0.3) is 0 Å². The van der Waals surface area contributed by atoms with Gasteiger partial charge in [-0.2, -0.15) is 0 Å². The number of carboxylic acids is 1. The van der Waals surface area contributed by atoms with E-state index in [0.29, 0.717) is 6.42 Å². The van der Waals surface area contributed by atoms with Crippen LogP contribution >= 0.6 is 0 Å². The molecule has 3 heterocycles. The molecule has 0 N–H and O–H groups in total. The zero-order valence-electron chi connectivity index (χ0n) is 14.3. The van der Waals surface area contributed by atoms with Crippen molar-refractivity contribution in [2.45, 2.75) is 51.9 Å². The summed E-state index contributed by atoms with van der Waals surface area (Å²) in [6, 6.07) is 0. The first-order valence-corrected chi connectivity index (χ1v) is 9.15. The molecule has 0 aromatic carbocycles. The predicted octanol–water partition coefficient (Wildman–Crippen LogP) is 2.16. The summed E-state index contributed by atoms with van der Waals surface area (Å²) >= 11 is 0. The fourth-order valence-corrected chi connectivity index (χ4v) is 4.89. The highest BCUT2D eigenvalue weighted by Gasteiger charge is 2.49. The first kappa shape index (κ1) is 15.6. The second-order valence-corrected chi connectivity index (χ2v) is 7.29. The molecule has 0 amide bonds. The minimum atomic E-state index is -0.935. The average Bonchev–Trinajstić information content (AvgIpc) is 2.98. The lowest BCUT2D eigenvalue weighted by molar-refractivity contribution is -0.537. The number of hydrogen-bond acceptors (Lipinski definition) is 3. The van der Waals surface area contributed by atoms with Gasteiger partial charge in [-0.1, -0.05) is 19.1 Å². The molecule has 0 spiro atoms. The highest BCUT2D eigenvalue weighted by atomic mass is 16.4. The van der Waals surface area contributed by atoms with E-state index >= 15 is 0 Å². The Morgan fingerprint density at radius 3 is 3.08 bits per heavy atom. The molecule has 4 heteroatoms. The number of nitrogens with zero attached hydrogens (tertiary/aromatic N) is 2. The molecule has 0 bridgehead atoms. The van der Waals surface area contributed by atoms with Crippen LogP contribution < -0.4 is 5.11 Å². The zero-order chi connectivity index (χ0) is 16.7. The van der Waals surface area contributed by atoms with E-state index in [4.69, 9.17) is 4.99 Å². The monoisotopic (exact) mass is 324 g/mol. The second-order valence-electron chi connectivity index (χ2n) is 7.29. The zero-order valence-corrected chi connectivity index (χ0v) is 14.3. The second kappa shape index (κ2) is 5.83. The normalized spacial score (nSPS) is 28.2. The molecule has 0 fully saturated rings. The molecule has 1 unspecified atom stereocenters. The van der Waals surface area contributed by atoms with Gasteiger partial charge in [-0.25, -0.2) is 4.58 Å². The van der Waals surface area contributed by atoms with Gasteiger partial charge in [-0.05, 0) is 43.8 Å². The third-order valence-electron chi connectivity index (χ3n) is 6.11. The van der Waals surface area contributed by atoms with Crippen molar-refractivity contribution in [2.24, 2.45) is 10.4 Å². The van der Waals surface area contributed by atoms with Gasteiger partial charge in [-0.15, -0.1) is 0 Å². The highest BCUT2D eigenvalue weighted by molar-refractivity contribution is 6.28. The predicted molar refractivity (Wildman–Crippen MR) is 92.1 cm³/mol. The number of aliphatic carboxylic acids is 1. The molecule has 0 saturated heterocycles. The van der Waals surface area contributed by atoms with E-state index in [1.165, 1.54) is 22.6 Å². The maximum absolute atomic E-state index is 11.1. The summed E-state index contributed by atoms with van der Waals surface area (Å²) in [6.07, 6.45) is 12.3. The van der Waals surface area contributed by atoms with Crippen LogP contribution in [0.4, 0.5) is 0 Å². The van der Waals surface area contributed by atoms with Gasteiger partial charge in [0.2, 0.25) is 0 Å². The molecule has 24 heavy (non-hydrogen) atoms. The van der Waals surface area contributed by atoms with Crippen molar-refractivity contribution in [1.82, 2.24) is 0 Å². The van der Waals surface area contributed by atoms with Crippen molar-refractivity contribution in [3.63, 3.8) is 0 Å². The van der Waals surface area contributed by atoms with Crippen LogP contribution in [0, 0.1) is 5.41 Å². The van der Waals surface area contributed by atoms with Crippen LogP contribution in [-0.4, -0.2) is 35.1 Å². The Bertz CT molecular complexity index is 752. The maximum atomic E-state index is 11.1. The molecule has 3 aliphatic heterocycles. The van der Waals surface area contributed by atoms with E-state index < -0.39 is 5.97 Å². The van der Waals surface area contributed by atoms with Gasteiger partial charge < -0.3 is 9.90 Å². The lowest BCUT2D eigenvalue weighted by Gasteiger charge is -2.38. The molecule has 4 rings (SSSR count). The number of carboxylic acid groups (broad SMARTS) is 1. The number of fused-ring (bicyclic) bond motifs is 3.